The van der Waals surface area contributed by atoms with Gasteiger partial charge in [-0.05, 0) is 69.4 Å². The summed E-state index contributed by atoms with van der Waals surface area (Å²) in [6.45, 7) is 2.99. The van der Waals surface area contributed by atoms with Crippen molar-refractivity contribution in [1.29, 1.82) is 0 Å². The standard InChI is InChI=1S/C25H38N4OS/c1-27-15-18-14-19(17-27)23-13-12-22(24(30)28(23)16-18)26-25(31)29(20-8-4-2-5-9-20)21-10-6-3-7-11-21/h12-13,18-21H,2-11,14-17H2,1H3,(H,26,31)/t18-,19+/m1/s1. The van der Waals surface area contributed by atoms with E-state index < -0.39 is 0 Å². The topological polar surface area (TPSA) is 40.5 Å². The van der Waals surface area contributed by atoms with Gasteiger partial charge >= 0.3 is 0 Å². The molecule has 1 saturated heterocycles. The van der Waals surface area contributed by atoms with E-state index in [0.717, 1.165) is 24.7 Å². The Morgan fingerprint density at radius 1 is 0.968 bits per heavy atom. The smallest absolute Gasteiger partial charge is 0.274 e. The van der Waals surface area contributed by atoms with Gasteiger partial charge in [-0.15, -0.1) is 0 Å². The number of hydrogen-bond acceptors (Lipinski definition) is 3. The van der Waals surface area contributed by atoms with Gasteiger partial charge in [0.05, 0.1) is 0 Å². The molecule has 4 aliphatic rings. The molecule has 1 aromatic rings. The number of nitrogens with one attached hydrogen (secondary N) is 1. The van der Waals surface area contributed by atoms with Gasteiger partial charge in [0, 0.05) is 43.3 Å². The predicted molar refractivity (Wildman–Crippen MR) is 131 cm³/mol. The van der Waals surface area contributed by atoms with Gasteiger partial charge in [-0.2, -0.15) is 0 Å². The Balaban J connectivity index is 1.38. The Morgan fingerprint density at radius 3 is 2.26 bits per heavy atom. The van der Waals surface area contributed by atoms with Crippen LogP contribution < -0.4 is 10.9 Å². The van der Waals surface area contributed by atoms with E-state index in [1.54, 1.807) is 0 Å². The first-order chi connectivity index (χ1) is 15.1. The van der Waals surface area contributed by atoms with Crippen LogP contribution in [0.15, 0.2) is 16.9 Å². The lowest BCUT2D eigenvalue weighted by Crippen LogP contribution is -2.51. The summed E-state index contributed by atoms with van der Waals surface area (Å²) in [5, 5.41) is 4.23. The first kappa shape index (κ1) is 21.4. The highest BCUT2D eigenvalue weighted by Crippen LogP contribution is 2.35. The van der Waals surface area contributed by atoms with Crippen molar-refractivity contribution < 1.29 is 0 Å². The van der Waals surface area contributed by atoms with Crippen LogP contribution in [-0.4, -0.2) is 51.7 Å². The summed E-state index contributed by atoms with van der Waals surface area (Å²) >= 11 is 5.99. The van der Waals surface area contributed by atoms with E-state index in [1.807, 2.05) is 10.6 Å². The molecule has 3 fully saturated rings. The predicted octanol–water partition coefficient (Wildman–Crippen LogP) is 4.56. The normalized spacial score (nSPS) is 27.5. The summed E-state index contributed by atoms with van der Waals surface area (Å²) in [6, 6.07) is 5.24. The van der Waals surface area contributed by atoms with Crippen molar-refractivity contribution in [3.63, 3.8) is 0 Å². The van der Waals surface area contributed by atoms with Crippen LogP contribution in [0.25, 0.3) is 0 Å². The van der Waals surface area contributed by atoms with E-state index in [1.165, 1.54) is 76.3 Å². The third-order valence-corrected chi connectivity index (χ3v) is 8.51. The van der Waals surface area contributed by atoms with Crippen LogP contribution >= 0.6 is 12.2 Å². The molecule has 0 radical (unpaired) electrons. The van der Waals surface area contributed by atoms with Gasteiger partial charge in [0.1, 0.15) is 5.69 Å². The minimum absolute atomic E-state index is 0.117. The van der Waals surface area contributed by atoms with E-state index in [2.05, 4.69) is 28.2 Å². The molecule has 1 N–H and O–H groups in total. The van der Waals surface area contributed by atoms with E-state index in [0.29, 0.717) is 29.6 Å². The summed E-state index contributed by atoms with van der Waals surface area (Å²) in [5.74, 6) is 1.06. The van der Waals surface area contributed by atoms with E-state index in [4.69, 9.17) is 12.2 Å². The zero-order chi connectivity index (χ0) is 21.4. The second-order valence-electron chi connectivity index (χ2n) is 10.5. The number of likely N-dealkylation sites (tertiary alicyclic amines) is 1. The summed E-state index contributed by atoms with van der Waals surface area (Å²) in [6.07, 6.45) is 14.0. The maximum absolute atomic E-state index is 13.4. The lowest BCUT2D eigenvalue weighted by atomic mass is 9.83. The fourth-order valence-corrected chi connectivity index (χ4v) is 7.22. The maximum Gasteiger partial charge on any atom is 0.274 e. The molecule has 170 valence electrons. The molecule has 2 saturated carbocycles. The number of pyridine rings is 1. The van der Waals surface area contributed by atoms with E-state index in [-0.39, 0.29) is 5.56 Å². The first-order valence-corrected chi connectivity index (χ1v) is 13.0. The molecule has 2 bridgehead atoms. The number of aromatic nitrogens is 1. The fraction of sp³-hybridized carbons (Fsp3) is 0.760. The second-order valence-corrected chi connectivity index (χ2v) is 10.9. The summed E-state index contributed by atoms with van der Waals surface area (Å²) in [5.41, 5.74) is 1.99. The number of fused-ring (bicyclic) bond motifs is 4. The number of nitrogens with zero attached hydrogens (tertiary/aromatic N) is 3. The summed E-state index contributed by atoms with van der Waals surface area (Å²) in [7, 11) is 2.20. The van der Waals surface area contributed by atoms with Gasteiger partial charge in [0.2, 0.25) is 0 Å². The zero-order valence-electron chi connectivity index (χ0n) is 19.0. The number of thiocarbonyl (C=S) groups is 1. The number of rotatable bonds is 3. The van der Waals surface area contributed by atoms with Gasteiger partial charge in [0.15, 0.2) is 5.11 Å². The van der Waals surface area contributed by atoms with Crippen LogP contribution in [-0.2, 0) is 6.54 Å². The van der Waals surface area contributed by atoms with Crippen LogP contribution in [0.5, 0.6) is 0 Å². The second kappa shape index (κ2) is 9.22. The molecule has 31 heavy (non-hydrogen) atoms. The first-order valence-electron chi connectivity index (χ1n) is 12.6. The Labute approximate surface area is 192 Å². The minimum Gasteiger partial charge on any atom is -0.343 e. The highest BCUT2D eigenvalue weighted by molar-refractivity contribution is 7.80. The molecule has 2 aliphatic heterocycles. The van der Waals surface area contributed by atoms with E-state index in [9.17, 15) is 4.79 Å². The largest absolute Gasteiger partial charge is 0.343 e. The molecule has 3 heterocycles. The van der Waals surface area contributed by atoms with Gasteiger partial charge < -0.3 is 19.7 Å². The molecule has 0 spiro atoms. The fourth-order valence-electron chi connectivity index (χ4n) is 6.81. The SMILES string of the molecule is CN1C[C@H]2C[C@@H](C1)c1ccc(NC(=S)N(C3CCCCC3)C3CCCCC3)c(=O)n1C2. The van der Waals surface area contributed by atoms with Crippen molar-refractivity contribution >= 4 is 23.0 Å². The van der Waals surface area contributed by atoms with Crippen LogP contribution in [0.4, 0.5) is 5.69 Å². The molecular formula is C25H38N4OS. The van der Waals surface area contributed by atoms with Crippen LogP contribution in [0.3, 0.4) is 0 Å². The Kier molecular flexibility index (Phi) is 6.38. The van der Waals surface area contributed by atoms with Crippen LogP contribution in [0, 0.1) is 5.92 Å². The molecule has 1 aromatic heterocycles. The molecule has 5 rings (SSSR count). The Hall–Kier alpha value is -1.40. The Bertz CT molecular complexity index is 838. The zero-order valence-corrected chi connectivity index (χ0v) is 19.8. The van der Waals surface area contributed by atoms with Gasteiger partial charge in [0.25, 0.3) is 5.56 Å². The molecular weight excluding hydrogens is 404 g/mol. The maximum atomic E-state index is 13.4. The summed E-state index contributed by atoms with van der Waals surface area (Å²) in [4.78, 5) is 18.4. The van der Waals surface area contributed by atoms with Crippen molar-refractivity contribution in [2.75, 3.05) is 25.5 Å². The van der Waals surface area contributed by atoms with Gasteiger partial charge in [-0.3, -0.25) is 4.79 Å². The average Bonchev–Trinajstić information content (AvgIpc) is 2.77. The Morgan fingerprint density at radius 2 is 1.61 bits per heavy atom. The molecule has 0 aromatic carbocycles. The lowest BCUT2D eigenvalue weighted by Gasteiger charge is -2.43. The minimum atomic E-state index is 0.117. The number of anilines is 1. The van der Waals surface area contributed by atoms with Gasteiger partial charge in [-0.25, -0.2) is 0 Å². The number of hydrogen-bond donors (Lipinski definition) is 1. The molecule has 2 aliphatic carbocycles. The van der Waals surface area contributed by atoms with Crippen molar-refractivity contribution in [3.05, 3.63) is 28.2 Å². The monoisotopic (exact) mass is 442 g/mol. The highest BCUT2D eigenvalue weighted by atomic mass is 32.1. The van der Waals surface area contributed by atoms with Crippen molar-refractivity contribution in [2.45, 2.75) is 95.2 Å². The molecule has 6 heteroatoms. The van der Waals surface area contributed by atoms with Crippen molar-refractivity contribution in [1.82, 2.24) is 14.4 Å². The molecule has 5 nitrogen and oxygen atoms in total. The molecule has 2 atom stereocenters. The number of piperidine rings is 1. The molecule has 0 unspecified atom stereocenters. The van der Waals surface area contributed by atoms with Gasteiger partial charge in [-0.1, -0.05) is 38.5 Å². The van der Waals surface area contributed by atoms with E-state index >= 15 is 0 Å². The number of likely N-dealkylation sites (N-methyl/N-ethyl adjacent to an activating group) is 1. The highest BCUT2D eigenvalue weighted by Gasteiger charge is 2.34. The quantitative estimate of drug-likeness (QED) is 0.695. The van der Waals surface area contributed by atoms with Crippen molar-refractivity contribution in [3.8, 4) is 0 Å². The lowest BCUT2D eigenvalue weighted by molar-refractivity contribution is 0.145. The van der Waals surface area contributed by atoms with Crippen LogP contribution in [0.1, 0.15) is 82.2 Å². The summed E-state index contributed by atoms with van der Waals surface area (Å²) < 4.78 is 2.04. The van der Waals surface area contributed by atoms with Crippen molar-refractivity contribution in [2.24, 2.45) is 5.92 Å². The van der Waals surface area contributed by atoms with Crippen LogP contribution in [0.2, 0.25) is 0 Å². The average molecular weight is 443 g/mol. The third-order valence-electron chi connectivity index (χ3n) is 8.20. The molecule has 0 amide bonds. The third kappa shape index (κ3) is 4.43.